The quantitative estimate of drug-likeness (QED) is 0.751. The number of nitrogens with two attached hydrogens (primary N) is 1. The van der Waals surface area contributed by atoms with Gasteiger partial charge in [0.05, 0.1) is 17.0 Å². The molecule has 0 radical (unpaired) electrons. The molecular formula is C19H20F2N4O. The third-order valence-corrected chi connectivity index (χ3v) is 4.39. The first-order chi connectivity index (χ1) is 12.3. The van der Waals surface area contributed by atoms with Crippen molar-refractivity contribution in [1.82, 2.24) is 14.9 Å². The summed E-state index contributed by atoms with van der Waals surface area (Å²) in [6.45, 7) is 3.93. The van der Waals surface area contributed by atoms with Crippen LogP contribution in [-0.2, 0) is 4.79 Å². The molecule has 0 fully saturated rings. The summed E-state index contributed by atoms with van der Waals surface area (Å²) in [6.07, 6.45) is 0. The molecule has 2 aromatic carbocycles. The van der Waals surface area contributed by atoms with Gasteiger partial charge >= 0.3 is 0 Å². The van der Waals surface area contributed by atoms with Crippen LogP contribution in [0.15, 0.2) is 36.4 Å². The second kappa shape index (κ2) is 6.74. The number of carbonyl (C=O) groups excluding carboxylic acids is 1. The van der Waals surface area contributed by atoms with E-state index in [1.165, 1.54) is 19.2 Å². The maximum atomic E-state index is 14.4. The lowest BCUT2D eigenvalue weighted by molar-refractivity contribution is -0.121. The summed E-state index contributed by atoms with van der Waals surface area (Å²) < 4.78 is 29.9. The van der Waals surface area contributed by atoms with Gasteiger partial charge in [-0.1, -0.05) is 18.2 Å². The Kier molecular flexibility index (Phi) is 4.63. The number of likely N-dealkylation sites (N-methyl/N-ethyl adjacent to an activating group) is 1. The second-order valence-electron chi connectivity index (χ2n) is 6.37. The van der Waals surface area contributed by atoms with E-state index in [-0.39, 0.29) is 11.6 Å². The van der Waals surface area contributed by atoms with Crippen molar-refractivity contribution < 1.29 is 13.6 Å². The Labute approximate surface area is 149 Å². The summed E-state index contributed by atoms with van der Waals surface area (Å²) in [6, 6.07) is 9.05. The van der Waals surface area contributed by atoms with Crippen molar-refractivity contribution in [2.45, 2.75) is 25.8 Å². The Morgan fingerprint density at radius 2 is 1.96 bits per heavy atom. The standard InChI is InChI=1S/C19H20F2N4O/c1-10(2)25-15-9-11(7-8-14(15)24-19(25)22)16(18(26)23-3)12-5-4-6-13(20)17(12)21/h4-10,16H,1-3H3,(H2,22,24)(H,23,26). The van der Waals surface area contributed by atoms with Crippen LogP contribution in [0, 0.1) is 11.6 Å². The highest BCUT2D eigenvalue weighted by Crippen LogP contribution is 2.32. The van der Waals surface area contributed by atoms with E-state index in [4.69, 9.17) is 5.73 Å². The molecular weight excluding hydrogens is 338 g/mol. The van der Waals surface area contributed by atoms with Crippen LogP contribution in [-0.4, -0.2) is 22.5 Å². The number of imidazole rings is 1. The van der Waals surface area contributed by atoms with Gasteiger partial charge in [0.15, 0.2) is 11.6 Å². The molecule has 3 rings (SSSR count). The van der Waals surface area contributed by atoms with E-state index in [0.717, 1.165) is 11.6 Å². The van der Waals surface area contributed by atoms with E-state index in [2.05, 4.69) is 10.3 Å². The molecule has 0 aliphatic heterocycles. The molecule has 1 heterocycles. The smallest absolute Gasteiger partial charge is 0.231 e. The lowest BCUT2D eigenvalue weighted by Gasteiger charge is -2.18. The van der Waals surface area contributed by atoms with Crippen LogP contribution in [0.5, 0.6) is 0 Å². The third-order valence-electron chi connectivity index (χ3n) is 4.39. The summed E-state index contributed by atoms with van der Waals surface area (Å²) in [5, 5.41) is 2.52. The molecule has 0 saturated heterocycles. The molecule has 1 aromatic heterocycles. The molecule has 0 bridgehead atoms. The number of anilines is 1. The number of hydrogen-bond acceptors (Lipinski definition) is 3. The van der Waals surface area contributed by atoms with Gasteiger partial charge in [-0.2, -0.15) is 0 Å². The number of aromatic nitrogens is 2. The Morgan fingerprint density at radius 1 is 1.23 bits per heavy atom. The summed E-state index contributed by atoms with van der Waals surface area (Å²) in [5.74, 6) is -3.08. The summed E-state index contributed by atoms with van der Waals surface area (Å²) in [7, 11) is 1.46. The highest BCUT2D eigenvalue weighted by atomic mass is 19.2. The number of nitrogens with one attached hydrogen (secondary N) is 1. The minimum absolute atomic E-state index is 0.0210. The van der Waals surface area contributed by atoms with E-state index < -0.39 is 23.5 Å². The number of rotatable bonds is 4. The van der Waals surface area contributed by atoms with Crippen molar-refractivity contribution in [3.8, 4) is 0 Å². The predicted molar refractivity (Wildman–Crippen MR) is 96.8 cm³/mol. The Morgan fingerprint density at radius 3 is 2.62 bits per heavy atom. The molecule has 1 amide bonds. The van der Waals surface area contributed by atoms with Gasteiger partial charge in [-0.15, -0.1) is 0 Å². The zero-order valence-corrected chi connectivity index (χ0v) is 14.8. The first-order valence-electron chi connectivity index (χ1n) is 8.28. The van der Waals surface area contributed by atoms with Crippen molar-refractivity contribution in [2.75, 3.05) is 12.8 Å². The molecule has 136 valence electrons. The Bertz CT molecular complexity index is 981. The van der Waals surface area contributed by atoms with Gasteiger partial charge < -0.3 is 15.6 Å². The molecule has 26 heavy (non-hydrogen) atoms. The topological polar surface area (TPSA) is 72.9 Å². The summed E-state index contributed by atoms with van der Waals surface area (Å²) in [4.78, 5) is 16.8. The number of hydrogen-bond donors (Lipinski definition) is 2. The molecule has 5 nitrogen and oxygen atoms in total. The van der Waals surface area contributed by atoms with Gasteiger partial charge in [-0.25, -0.2) is 13.8 Å². The number of nitrogens with zero attached hydrogens (tertiary/aromatic N) is 2. The van der Waals surface area contributed by atoms with Gasteiger partial charge in [-0.05, 0) is 37.6 Å². The molecule has 1 atom stereocenters. The molecule has 0 aliphatic rings. The predicted octanol–water partition coefficient (Wildman–Crippen LogP) is 3.36. The maximum absolute atomic E-state index is 14.4. The van der Waals surface area contributed by atoms with Crippen LogP contribution in [0.25, 0.3) is 11.0 Å². The summed E-state index contributed by atoms with van der Waals surface area (Å²) in [5.41, 5.74) is 7.91. The zero-order valence-electron chi connectivity index (χ0n) is 14.8. The van der Waals surface area contributed by atoms with Crippen molar-refractivity contribution in [3.63, 3.8) is 0 Å². The maximum Gasteiger partial charge on any atom is 0.231 e. The highest BCUT2D eigenvalue weighted by Gasteiger charge is 2.27. The first kappa shape index (κ1) is 17.8. The van der Waals surface area contributed by atoms with Crippen LogP contribution in [0.2, 0.25) is 0 Å². The van der Waals surface area contributed by atoms with Crippen molar-refractivity contribution in [2.24, 2.45) is 0 Å². The Balaban J connectivity index is 2.23. The molecule has 3 N–H and O–H groups in total. The lowest BCUT2D eigenvalue weighted by atomic mass is 9.89. The van der Waals surface area contributed by atoms with Gasteiger partial charge in [0.2, 0.25) is 11.9 Å². The minimum Gasteiger partial charge on any atom is -0.369 e. The van der Waals surface area contributed by atoms with Crippen LogP contribution < -0.4 is 11.1 Å². The fraction of sp³-hybridized carbons (Fsp3) is 0.263. The molecule has 7 heteroatoms. The Hall–Kier alpha value is -2.96. The van der Waals surface area contributed by atoms with Crippen molar-refractivity contribution >= 4 is 22.9 Å². The van der Waals surface area contributed by atoms with E-state index in [9.17, 15) is 13.6 Å². The molecule has 1 unspecified atom stereocenters. The van der Waals surface area contributed by atoms with E-state index in [1.54, 1.807) is 18.2 Å². The SMILES string of the molecule is CNC(=O)C(c1ccc2nc(N)n(C(C)C)c2c1)c1cccc(F)c1F. The van der Waals surface area contributed by atoms with Crippen LogP contribution in [0.3, 0.4) is 0 Å². The number of carbonyl (C=O) groups is 1. The minimum atomic E-state index is -1.03. The number of fused-ring (bicyclic) bond motifs is 1. The van der Waals surface area contributed by atoms with Gasteiger partial charge in [0.1, 0.15) is 0 Å². The van der Waals surface area contributed by atoms with E-state index in [0.29, 0.717) is 17.0 Å². The lowest BCUT2D eigenvalue weighted by Crippen LogP contribution is -2.27. The third kappa shape index (κ3) is 2.89. The second-order valence-corrected chi connectivity index (χ2v) is 6.37. The first-order valence-corrected chi connectivity index (χ1v) is 8.28. The van der Waals surface area contributed by atoms with Gasteiger partial charge in [0, 0.05) is 18.7 Å². The number of halogens is 2. The van der Waals surface area contributed by atoms with Crippen molar-refractivity contribution in [3.05, 3.63) is 59.2 Å². The molecule has 0 saturated carbocycles. The van der Waals surface area contributed by atoms with Gasteiger partial charge in [-0.3, -0.25) is 4.79 Å². The normalized spacial score (nSPS) is 12.5. The average Bonchev–Trinajstić information content (AvgIpc) is 2.93. The fourth-order valence-corrected chi connectivity index (χ4v) is 3.21. The van der Waals surface area contributed by atoms with Crippen LogP contribution >= 0.6 is 0 Å². The highest BCUT2D eigenvalue weighted by molar-refractivity contribution is 5.89. The van der Waals surface area contributed by atoms with E-state index >= 15 is 0 Å². The summed E-state index contributed by atoms with van der Waals surface area (Å²) >= 11 is 0. The molecule has 0 aliphatic carbocycles. The molecule has 3 aromatic rings. The van der Waals surface area contributed by atoms with Crippen LogP contribution in [0.4, 0.5) is 14.7 Å². The largest absolute Gasteiger partial charge is 0.369 e. The van der Waals surface area contributed by atoms with Crippen LogP contribution in [0.1, 0.15) is 36.9 Å². The monoisotopic (exact) mass is 358 g/mol. The van der Waals surface area contributed by atoms with Crippen molar-refractivity contribution in [1.29, 1.82) is 0 Å². The number of amides is 1. The molecule has 0 spiro atoms. The van der Waals surface area contributed by atoms with E-state index in [1.807, 2.05) is 18.4 Å². The average molecular weight is 358 g/mol. The fourth-order valence-electron chi connectivity index (χ4n) is 3.21. The number of nitrogen functional groups attached to an aromatic ring is 1. The number of benzene rings is 2. The van der Waals surface area contributed by atoms with Gasteiger partial charge in [0.25, 0.3) is 0 Å². The zero-order chi connectivity index (χ0) is 19.0.